The summed E-state index contributed by atoms with van der Waals surface area (Å²) in [5.74, 6) is 0.311. The van der Waals surface area contributed by atoms with E-state index in [1.165, 1.54) is 5.56 Å². The fourth-order valence-corrected chi connectivity index (χ4v) is 3.18. The van der Waals surface area contributed by atoms with E-state index in [2.05, 4.69) is 51.8 Å². The molecule has 0 saturated heterocycles. The molecule has 142 valence electrons. The van der Waals surface area contributed by atoms with Crippen LogP contribution in [0.2, 0.25) is 0 Å². The van der Waals surface area contributed by atoms with Gasteiger partial charge in [0.1, 0.15) is 5.69 Å². The summed E-state index contributed by atoms with van der Waals surface area (Å²) in [4.78, 5) is 27.5. The number of carbonyl (C=O) groups excluding carboxylic acids is 1. The number of aromatic amines is 2. The molecule has 8 nitrogen and oxygen atoms in total. The van der Waals surface area contributed by atoms with Crippen molar-refractivity contribution < 1.29 is 4.79 Å². The molecule has 0 spiro atoms. The fourth-order valence-electron chi connectivity index (χ4n) is 3.18. The Balaban J connectivity index is 1.57. The Labute approximate surface area is 160 Å². The lowest BCUT2D eigenvalue weighted by Crippen LogP contribution is -2.17. The second-order valence-electron chi connectivity index (χ2n) is 7.13. The standard InChI is InChI=1S/C20H20N6O2/c1-12(2)8-13-6-7-14-10-18(22-17(14)9-13)19(27)21-15-4-3-5-16(11-15)26-20(28)23-24-25-26/h3-7,9-12,22H,8H2,1-2H3,(H,21,27)(H,23,25,28). The topological polar surface area (TPSA) is 108 Å². The van der Waals surface area contributed by atoms with Gasteiger partial charge in [0.05, 0.1) is 5.69 Å². The van der Waals surface area contributed by atoms with Crippen molar-refractivity contribution in [2.45, 2.75) is 20.3 Å². The summed E-state index contributed by atoms with van der Waals surface area (Å²) in [7, 11) is 0. The molecule has 4 rings (SSSR count). The highest BCUT2D eigenvalue weighted by molar-refractivity contribution is 6.06. The summed E-state index contributed by atoms with van der Waals surface area (Å²) in [6, 6.07) is 14.9. The number of rotatable bonds is 5. The van der Waals surface area contributed by atoms with Gasteiger partial charge in [0.15, 0.2) is 0 Å². The molecule has 0 fully saturated rings. The molecule has 8 heteroatoms. The Morgan fingerprint density at radius 3 is 2.79 bits per heavy atom. The number of anilines is 1. The number of aromatic nitrogens is 5. The monoisotopic (exact) mass is 376 g/mol. The number of benzene rings is 2. The van der Waals surface area contributed by atoms with E-state index in [9.17, 15) is 9.59 Å². The van der Waals surface area contributed by atoms with Crippen molar-refractivity contribution in [2.24, 2.45) is 5.92 Å². The molecule has 0 bridgehead atoms. The van der Waals surface area contributed by atoms with Crippen molar-refractivity contribution in [2.75, 3.05) is 5.32 Å². The van der Waals surface area contributed by atoms with Crippen molar-refractivity contribution in [3.05, 3.63) is 70.3 Å². The molecule has 3 N–H and O–H groups in total. The van der Waals surface area contributed by atoms with E-state index in [4.69, 9.17) is 0 Å². The van der Waals surface area contributed by atoms with Crippen molar-refractivity contribution in [3.8, 4) is 5.69 Å². The SMILES string of the molecule is CC(C)Cc1ccc2cc(C(=O)Nc3cccc(-n4nn[nH]c4=O)c3)[nH]c2c1. The maximum Gasteiger partial charge on any atom is 0.365 e. The summed E-state index contributed by atoms with van der Waals surface area (Å²) in [5.41, 5.74) is 3.26. The number of nitrogens with one attached hydrogen (secondary N) is 3. The van der Waals surface area contributed by atoms with Gasteiger partial charge >= 0.3 is 5.69 Å². The molecule has 0 atom stereocenters. The van der Waals surface area contributed by atoms with Gasteiger partial charge in [0, 0.05) is 16.6 Å². The number of carbonyl (C=O) groups is 1. The van der Waals surface area contributed by atoms with E-state index in [1.807, 2.05) is 12.1 Å². The second kappa shape index (κ2) is 7.15. The largest absolute Gasteiger partial charge is 0.365 e. The van der Waals surface area contributed by atoms with E-state index in [0.29, 0.717) is 23.0 Å². The summed E-state index contributed by atoms with van der Waals surface area (Å²) >= 11 is 0. The molecule has 0 unspecified atom stereocenters. The molecular formula is C20H20N6O2. The highest BCUT2D eigenvalue weighted by Crippen LogP contribution is 2.20. The minimum absolute atomic E-state index is 0.258. The van der Waals surface area contributed by atoms with Crippen molar-refractivity contribution in [3.63, 3.8) is 0 Å². The van der Waals surface area contributed by atoms with Crippen LogP contribution in [0.5, 0.6) is 0 Å². The van der Waals surface area contributed by atoms with Gasteiger partial charge in [-0.05, 0) is 58.7 Å². The van der Waals surface area contributed by atoms with Crippen LogP contribution in [0, 0.1) is 5.92 Å². The van der Waals surface area contributed by atoms with Crippen LogP contribution < -0.4 is 11.0 Å². The van der Waals surface area contributed by atoms with Gasteiger partial charge in [-0.2, -0.15) is 4.68 Å². The summed E-state index contributed by atoms with van der Waals surface area (Å²) in [5, 5.41) is 13.2. The van der Waals surface area contributed by atoms with Crippen LogP contribution in [-0.4, -0.2) is 31.1 Å². The van der Waals surface area contributed by atoms with Crippen LogP contribution in [0.4, 0.5) is 5.69 Å². The minimum Gasteiger partial charge on any atom is -0.351 e. The highest BCUT2D eigenvalue weighted by Gasteiger charge is 2.12. The quantitative estimate of drug-likeness (QED) is 0.498. The number of tetrazole rings is 1. The Kier molecular flexibility index (Phi) is 4.52. The van der Waals surface area contributed by atoms with Crippen LogP contribution in [-0.2, 0) is 6.42 Å². The van der Waals surface area contributed by atoms with Crippen molar-refractivity contribution in [1.82, 2.24) is 25.2 Å². The first-order chi connectivity index (χ1) is 13.5. The third-order valence-corrected chi connectivity index (χ3v) is 4.40. The Morgan fingerprint density at radius 1 is 1.18 bits per heavy atom. The molecule has 0 aliphatic carbocycles. The third kappa shape index (κ3) is 3.57. The summed E-state index contributed by atoms with van der Waals surface area (Å²) in [6.45, 7) is 4.36. The molecule has 28 heavy (non-hydrogen) atoms. The summed E-state index contributed by atoms with van der Waals surface area (Å²) < 4.78 is 1.12. The average Bonchev–Trinajstić information content (AvgIpc) is 3.27. The zero-order valence-corrected chi connectivity index (χ0v) is 15.6. The van der Waals surface area contributed by atoms with Gasteiger partial charge in [-0.15, -0.1) is 0 Å². The highest BCUT2D eigenvalue weighted by atomic mass is 16.2. The van der Waals surface area contributed by atoms with Gasteiger partial charge in [-0.1, -0.05) is 32.0 Å². The van der Waals surface area contributed by atoms with Crippen LogP contribution in [0.3, 0.4) is 0 Å². The first-order valence-corrected chi connectivity index (χ1v) is 9.03. The zero-order valence-electron chi connectivity index (χ0n) is 15.6. The van der Waals surface area contributed by atoms with Gasteiger partial charge < -0.3 is 10.3 Å². The number of amides is 1. The van der Waals surface area contributed by atoms with Crippen LogP contribution in [0.15, 0.2) is 53.3 Å². The predicted octanol–water partition coefficient (Wildman–Crippen LogP) is 2.89. The zero-order chi connectivity index (χ0) is 19.7. The van der Waals surface area contributed by atoms with Crippen LogP contribution in [0.25, 0.3) is 16.6 Å². The maximum atomic E-state index is 12.7. The maximum absolute atomic E-state index is 12.7. The van der Waals surface area contributed by atoms with E-state index >= 15 is 0 Å². The Hall–Kier alpha value is -3.68. The molecule has 0 aliphatic rings. The lowest BCUT2D eigenvalue weighted by Gasteiger charge is -2.05. The Bertz CT molecular complexity index is 1200. The number of nitrogens with zero attached hydrogens (tertiary/aromatic N) is 3. The molecule has 0 radical (unpaired) electrons. The van der Waals surface area contributed by atoms with Crippen molar-refractivity contribution >= 4 is 22.5 Å². The van der Waals surface area contributed by atoms with Gasteiger partial charge in [-0.25, -0.2) is 9.89 Å². The minimum atomic E-state index is -0.448. The smallest absolute Gasteiger partial charge is 0.351 e. The molecule has 0 aliphatic heterocycles. The molecular weight excluding hydrogens is 356 g/mol. The molecule has 2 heterocycles. The molecule has 0 saturated carbocycles. The van der Waals surface area contributed by atoms with E-state index in [0.717, 1.165) is 22.0 Å². The molecule has 4 aromatic rings. The van der Waals surface area contributed by atoms with E-state index in [1.54, 1.807) is 24.3 Å². The van der Waals surface area contributed by atoms with Crippen molar-refractivity contribution in [1.29, 1.82) is 0 Å². The Morgan fingerprint density at radius 2 is 2.04 bits per heavy atom. The molecule has 2 aromatic heterocycles. The van der Waals surface area contributed by atoms with Gasteiger partial charge in [-0.3, -0.25) is 4.79 Å². The molecule has 1 amide bonds. The van der Waals surface area contributed by atoms with Gasteiger partial charge in [0.25, 0.3) is 5.91 Å². The normalized spacial score (nSPS) is 11.2. The first kappa shape index (κ1) is 17.7. The lowest BCUT2D eigenvalue weighted by atomic mass is 10.0. The first-order valence-electron chi connectivity index (χ1n) is 9.03. The van der Waals surface area contributed by atoms with Crippen LogP contribution in [0.1, 0.15) is 29.9 Å². The van der Waals surface area contributed by atoms with Crippen LogP contribution >= 0.6 is 0 Å². The number of H-pyrrole nitrogens is 2. The van der Waals surface area contributed by atoms with E-state index < -0.39 is 5.69 Å². The molecule has 2 aromatic carbocycles. The third-order valence-electron chi connectivity index (χ3n) is 4.40. The predicted molar refractivity (Wildman–Crippen MR) is 107 cm³/mol. The van der Waals surface area contributed by atoms with E-state index in [-0.39, 0.29) is 5.91 Å². The number of fused-ring (bicyclic) bond motifs is 1. The lowest BCUT2D eigenvalue weighted by molar-refractivity contribution is 0.102. The number of hydrogen-bond acceptors (Lipinski definition) is 4. The average molecular weight is 376 g/mol. The second-order valence-corrected chi connectivity index (χ2v) is 7.13. The number of hydrogen-bond donors (Lipinski definition) is 3. The summed E-state index contributed by atoms with van der Waals surface area (Å²) in [6.07, 6.45) is 0.991. The van der Waals surface area contributed by atoms with Gasteiger partial charge in [0.2, 0.25) is 0 Å². The fraction of sp³-hybridized carbons (Fsp3) is 0.200.